The Hall–Kier alpha value is -1.44. The van der Waals surface area contributed by atoms with Crippen LogP contribution in [-0.4, -0.2) is 27.9 Å². The lowest BCUT2D eigenvalue weighted by molar-refractivity contribution is -0.142. The second-order valence-electron chi connectivity index (χ2n) is 2.99. The van der Waals surface area contributed by atoms with Gasteiger partial charge in [0.1, 0.15) is 13.2 Å². The fourth-order valence-corrected chi connectivity index (χ4v) is 2.03. The molecule has 0 saturated carbocycles. The van der Waals surface area contributed by atoms with Gasteiger partial charge in [0.25, 0.3) is 5.89 Å². The second kappa shape index (κ2) is 5.26. The molecule has 0 saturated heterocycles. The van der Waals surface area contributed by atoms with E-state index in [9.17, 15) is 4.79 Å². The van der Waals surface area contributed by atoms with E-state index >= 15 is 0 Å². The predicted octanol–water partition coefficient (Wildman–Crippen LogP) is 2.05. The Morgan fingerprint density at radius 1 is 1.53 bits per heavy atom. The van der Waals surface area contributed by atoms with Crippen molar-refractivity contribution in [1.82, 2.24) is 10.2 Å². The molecule has 2 aromatic rings. The van der Waals surface area contributed by atoms with E-state index in [1.165, 1.54) is 11.3 Å². The highest BCUT2D eigenvalue weighted by molar-refractivity contribution is 7.19. The van der Waals surface area contributed by atoms with Gasteiger partial charge in [-0.1, -0.05) is 11.6 Å². The van der Waals surface area contributed by atoms with E-state index in [2.05, 4.69) is 10.2 Å². The fourth-order valence-electron chi connectivity index (χ4n) is 1.07. The van der Waals surface area contributed by atoms with Crippen LogP contribution in [0.4, 0.5) is 0 Å². The Labute approximate surface area is 105 Å². The monoisotopic (exact) mass is 274 g/mol. The smallest absolute Gasteiger partial charge is 0.329 e. The van der Waals surface area contributed by atoms with Crippen LogP contribution in [0.25, 0.3) is 10.8 Å². The van der Waals surface area contributed by atoms with Gasteiger partial charge in [-0.15, -0.1) is 21.5 Å². The van der Waals surface area contributed by atoms with Crippen LogP contribution in [0.15, 0.2) is 16.5 Å². The summed E-state index contributed by atoms with van der Waals surface area (Å²) in [6.45, 7) is -0.430. The molecule has 0 fully saturated rings. The number of carboxylic acid groups (broad SMARTS) is 1. The molecule has 6 nitrogen and oxygen atoms in total. The first kappa shape index (κ1) is 12.0. The number of hydrogen-bond donors (Lipinski definition) is 1. The molecule has 0 radical (unpaired) electrons. The number of aromatic nitrogens is 2. The number of nitrogens with zero attached hydrogens (tertiary/aromatic N) is 2. The zero-order valence-electron chi connectivity index (χ0n) is 8.42. The third-order valence-corrected chi connectivity index (χ3v) is 2.92. The Morgan fingerprint density at radius 3 is 3.00 bits per heavy atom. The number of carbonyl (C=O) groups is 1. The van der Waals surface area contributed by atoms with Crippen molar-refractivity contribution in [1.29, 1.82) is 0 Å². The van der Waals surface area contributed by atoms with Crippen LogP contribution in [0.2, 0.25) is 4.34 Å². The molecular formula is C9H7ClN2O4S. The average Bonchev–Trinajstić information content (AvgIpc) is 2.86. The van der Waals surface area contributed by atoms with Gasteiger partial charge >= 0.3 is 5.97 Å². The van der Waals surface area contributed by atoms with E-state index in [0.717, 1.165) is 4.88 Å². The summed E-state index contributed by atoms with van der Waals surface area (Å²) in [7, 11) is 0. The predicted molar refractivity (Wildman–Crippen MR) is 59.9 cm³/mol. The SMILES string of the molecule is O=C(O)COCc1nnc(-c2ccc(Cl)s2)o1. The van der Waals surface area contributed by atoms with Crippen molar-refractivity contribution in [3.8, 4) is 10.8 Å². The Balaban J connectivity index is 1.98. The van der Waals surface area contributed by atoms with Crippen LogP contribution in [0, 0.1) is 0 Å². The van der Waals surface area contributed by atoms with Gasteiger partial charge < -0.3 is 14.3 Å². The largest absolute Gasteiger partial charge is 0.480 e. The molecule has 1 N–H and O–H groups in total. The quantitative estimate of drug-likeness (QED) is 0.898. The van der Waals surface area contributed by atoms with E-state index in [-0.39, 0.29) is 12.5 Å². The topological polar surface area (TPSA) is 85.5 Å². The van der Waals surface area contributed by atoms with Gasteiger partial charge in [0.15, 0.2) is 0 Å². The molecule has 8 heteroatoms. The van der Waals surface area contributed by atoms with Crippen molar-refractivity contribution in [3.05, 3.63) is 22.4 Å². The summed E-state index contributed by atoms with van der Waals surface area (Å²) >= 11 is 7.09. The summed E-state index contributed by atoms with van der Waals surface area (Å²) in [5.74, 6) is -0.476. The summed E-state index contributed by atoms with van der Waals surface area (Å²) in [4.78, 5) is 11.0. The number of ether oxygens (including phenoxy) is 1. The fraction of sp³-hybridized carbons (Fsp3) is 0.222. The van der Waals surface area contributed by atoms with Crippen LogP contribution >= 0.6 is 22.9 Å². The van der Waals surface area contributed by atoms with Crippen LogP contribution < -0.4 is 0 Å². The third kappa shape index (κ3) is 3.26. The minimum absolute atomic E-state index is 0.0294. The van der Waals surface area contributed by atoms with Crippen molar-refractivity contribution in [2.75, 3.05) is 6.61 Å². The normalized spacial score (nSPS) is 10.6. The molecule has 0 spiro atoms. The minimum Gasteiger partial charge on any atom is -0.480 e. The lowest BCUT2D eigenvalue weighted by Crippen LogP contribution is -2.06. The van der Waals surface area contributed by atoms with E-state index < -0.39 is 12.6 Å². The van der Waals surface area contributed by atoms with Gasteiger partial charge in [0.05, 0.1) is 9.21 Å². The Morgan fingerprint density at radius 2 is 2.35 bits per heavy atom. The van der Waals surface area contributed by atoms with Gasteiger partial charge in [-0.3, -0.25) is 0 Å². The molecule has 0 atom stereocenters. The van der Waals surface area contributed by atoms with Crippen molar-refractivity contribution in [2.24, 2.45) is 0 Å². The van der Waals surface area contributed by atoms with Crippen molar-refractivity contribution in [3.63, 3.8) is 0 Å². The van der Waals surface area contributed by atoms with E-state index in [1.54, 1.807) is 12.1 Å². The van der Waals surface area contributed by atoms with Gasteiger partial charge in [0, 0.05) is 0 Å². The number of thiophene rings is 1. The highest BCUT2D eigenvalue weighted by Gasteiger charge is 2.11. The first-order chi connectivity index (χ1) is 8.15. The van der Waals surface area contributed by atoms with Gasteiger partial charge in [-0.2, -0.15) is 0 Å². The van der Waals surface area contributed by atoms with Crippen molar-refractivity contribution in [2.45, 2.75) is 6.61 Å². The van der Waals surface area contributed by atoms with E-state index in [0.29, 0.717) is 10.2 Å². The molecule has 2 aromatic heterocycles. The molecule has 0 aliphatic carbocycles. The summed E-state index contributed by atoms with van der Waals surface area (Å²) < 4.78 is 10.7. The second-order valence-corrected chi connectivity index (χ2v) is 4.71. The zero-order valence-corrected chi connectivity index (χ0v) is 9.99. The third-order valence-electron chi connectivity index (χ3n) is 1.70. The summed E-state index contributed by atoms with van der Waals surface area (Å²) in [5.41, 5.74) is 0. The Kier molecular flexibility index (Phi) is 3.72. The molecule has 2 rings (SSSR count). The molecule has 90 valence electrons. The number of carboxylic acids is 1. The summed E-state index contributed by atoms with van der Waals surface area (Å²) in [6.07, 6.45) is 0. The van der Waals surface area contributed by atoms with Crippen LogP contribution in [-0.2, 0) is 16.1 Å². The van der Waals surface area contributed by atoms with Crippen LogP contribution in [0.3, 0.4) is 0 Å². The lowest BCUT2D eigenvalue weighted by atomic mass is 10.5. The first-order valence-corrected chi connectivity index (χ1v) is 5.72. The first-order valence-electron chi connectivity index (χ1n) is 4.53. The van der Waals surface area contributed by atoms with Gasteiger partial charge in [0.2, 0.25) is 5.89 Å². The molecule has 0 aliphatic rings. The molecule has 2 heterocycles. The highest BCUT2D eigenvalue weighted by atomic mass is 35.5. The molecule has 17 heavy (non-hydrogen) atoms. The molecule has 0 bridgehead atoms. The van der Waals surface area contributed by atoms with Gasteiger partial charge in [-0.25, -0.2) is 4.79 Å². The molecule has 0 aliphatic heterocycles. The van der Waals surface area contributed by atoms with E-state index in [4.69, 9.17) is 25.9 Å². The molecule has 0 aromatic carbocycles. The highest BCUT2D eigenvalue weighted by Crippen LogP contribution is 2.29. The van der Waals surface area contributed by atoms with Crippen molar-refractivity contribution < 1.29 is 19.1 Å². The summed E-state index contributed by atoms with van der Waals surface area (Å²) in [5, 5.41) is 15.9. The molecule has 0 unspecified atom stereocenters. The van der Waals surface area contributed by atoms with Crippen LogP contribution in [0.5, 0.6) is 0 Å². The molecule has 0 amide bonds. The number of hydrogen-bond acceptors (Lipinski definition) is 6. The standard InChI is InChI=1S/C9H7ClN2O4S/c10-6-2-1-5(17-6)9-12-11-7(16-9)3-15-4-8(13)14/h1-2H,3-4H2,(H,13,14). The zero-order chi connectivity index (χ0) is 12.3. The lowest BCUT2D eigenvalue weighted by Gasteiger charge is -1.94. The maximum absolute atomic E-state index is 10.2. The van der Waals surface area contributed by atoms with Gasteiger partial charge in [-0.05, 0) is 12.1 Å². The van der Waals surface area contributed by atoms with Crippen LogP contribution in [0.1, 0.15) is 5.89 Å². The summed E-state index contributed by atoms with van der Waals surface area (Å²) in [6, 6.07) is 3.49. The number of halogens is 1. The average molecular weight is 275 g/mol. The number of aliphatic carboxylic acids is 1. The molecular weight excluding hydrogens is 268 g/mol. The van der Waals surface area contributed by atoms with Crippen molar-refractivity contribution >= 4 is 28.9 Å². The number of rotatable bonds is 5. The van der Waals surface area contributed by atoms with E-state index in [1.807, 2.05) is 0 Å². The maximum atomic E-state index is 10.2. The minimum atomic E-state index is -1.05. The Bertz CT molecular complexity index is 525. The maximum Gasteiger partial charge on any atom is 0.329 e.